The van der Waals surface area contributed by atoms with Gasteiger partial charge in [-0.15, -0.1) is 0 Å². The van der Waals surface area contributed by atoms with Gasteiger partial charge in [0.25, 0.3) is 0 Å². The van der Waals surface area contributed by atoms with Crippen LogP contribution in [0.25, 0.3) is 0 Å². The number of unbranched alkanes of at least 4 members (excludes halogenated alkanes) is 1. The van der Waals surface area contributed by atoms with Gasteiger partial charge >= 0.3 is 0 Å². The summed E-state index contributed by atoms with van der Waals surface area (Å²) in [5, 5.41) is 3.57. The number of nitrogens with one attached hydrogen (secondary N) is 1. The number of rotatable bonds is 6. The van der Waals surface area contributed by atoms with Gasteiger partial charge in [0.2, 0.25) is 0 Å². The Hall–Kier alpha value is -0.0800. The third-order valence-corrected chi connectivity index (χ3v) is 2.80. The van der Waals surface area contributed by atoms with Gasteiger partial charge in [-0.1, -0.05) is 26.7 Å². The van der Waals surface area contributed by atoms with E-state index in [0.717, 1.165) is 19.1 Å². The summed E-state index contributed by atoms with van der Waals surface area (Å²) in [6.07, 6.45) is 6.56. The van der Waals surface area contributed by atoms with Gasteiger partial charge in [0, 0.05) is 12.6 Å². The van der Waals surface area contributed by atoms with Crippen molar-refractivity contribution in [1.82, 2.24) is 5.32 Å². The first-order valence-electron chi connectivity index (χ1n) is 6.10. The lowest BCUT2D eigenvalue weighted by Crippen LogP contribution is -2.37. The fourth-order valence-electron chi connectivity index (χ4n) is 1.89. The zero-order chi connectivity index (χ0) is 10.2. The van der Waals surface area contributed by atoms with Gasteiger partial charge < -0.3 is 10.1 Å². The van der Waals surface area contributed by atoms with Gasteiger partial charge in [-0.05, 0) is 31.7 Å². The molecule has 0 radical (unpaired) electrons. The molecular weight excluding hydrogens is 174 g/mol. The second-order valence-corrected chi connectivity index (χ2v) is 4.76. The average molecular weight is 199 g/mol. The first-order valence-corrected chi connectivity index (χ1v) is 6.10. The topological polar surface area (TPSA) is 21.3 Å². The van der Waals surface area contributed by atoms with Crippen LogP contribution in [-0.2, 0) is 4.74 Å². The predicted molar refractivity (Wildman–Crippen MR) is 60.5 cm³/mol. The van der Waals surface area contributed by atoms with Crippen molar-refractivity contribution in [3.05, 3.63) is 0 Å². The molecule has 0 aliphatic carbocycles. The highest BCUT2D eigenvalue weighted by Gasteiger charge is 2.11. The second-order valence-electron chi connectivity index (χ2n) is 4.76. The van der Waals surface area contributed by atoms with Crippen molar-refractivity contribution in [2.45, 2.75) is 52.0 Å². The molecule has 0 bridgehead atoms. The van der Waals surface area contributed by atoms with Crippen LogP contribution in [0, 0.1) is 5.92 Å². The third-order valence-electron chi connectivity index (χ3n) is 2.80. The van der Waals surface area contributed by atoms with E-state index >= 15 is 0 Å². The minimum absolute atomic E-state index is 0.628. The molecule has 1 unspecified atom stereocenters. The lowest BCUT2D eigenvalue weighted by Gasteiger charge is -2.23. The monoisotopic (exact) mass is 199 g/mol. The molecule has 1 atom stereocenters. The van der Waals surface area contributed by atoms with Crippen LogP contribution in [0.1, 0.15) is 46.0 Å². The molecule has 1 heterocycles. The molecule has 14 heavy (non-hydrogen) atoms. The van der Waals surface area contributed by atoms with Crippen LogP contribution in [0.3, 0.4) is 0 Å². The van der Waals surface area contributed by atoms with Crippen LogP contribution in [0.15, 0.2) is 0 Å². The first-order chi connectivity index (χ1) is 6.79. The quantitative estimate of drug-likeness (QED) is 0.664. The van der Waals surface area contributed by atoms with E-state index in [0.29, 0.717) is 6.04 Å². The Morgan fingerprint density at radius 3 is 2.86 bits per heavy atom. The SMILES string of the molecule is CC(C)CCCCNC1CCCOC1. The maximum Gasteiger partial charge on any atom is 0.0619 e. The van der Waals surface area contributed by atoms with Crippen molar-refractivity contribution in [2.24, 2.45) is 5.92 Å². The van der Waals surface area contributed by atoms with Gasteiger partial charge in [0.1, 0.15) is 0 Å². The van der Waals surface area contributed by atoms with Gasteiger partial charge in [-0.25, -0.2) is 0 Å². The van der Waals surface area contributed by atoms with E-state index in [1.807, 2.05) is 0 Å². The summed E-state index contributed by atoms with van der Waals surface area (Å²) in [4.78, 5) is 0. The van der Waals surface area contributed by atoms with Gasteiger partial charge in [-0.3, -0.25) is 0 Å². The summed E-state index contributed by atoms with van der Waals surface area (Å²) in [7, 11) is 0. The molecule has 1 aliphatic rings. The highest BCUT2D eigenvalue weighted by atomic mass is 16.5. The zero-order valence-corrected chi connectivity index (χ0v) is 9.72. The molecular formula is C12H25NO. The Bertz CT molecular complexity index is 130. The van der Waals surface area contributed by atoms with Gasteiger partial charge in [-0.2, -0.15) is 0 Å². The Balaban J connectivity index is 1.87. The lowest BCUT2D eigenvalue weighted by molar-refractivity contribution is 0.0704. The van der Waals surface area contributed by atoms with Crippen LogP contribution in [-0.4, -0.2) is 25.8 Å². The molecule has 84 valence electrons. The summed E-state index contributed by atoms with van der Waals surface area (Å²) in [6.45, 7) is 7.64. The van der Waals surface area contributed by atoms with E-state index in [1.54, 1.807) is 0 Å². The summed E-state index contributed by atoms with van der Waals surface area (Å²) < 4.78 is 5.41. The van der Waals surface area contributed by atoms with E-state index in [9.17, 15) is 0 Å². The molecule has 0 saturated carbocycles. The minimum Gasteiger partial charge on any atom is -0.380 e. The lowest BCUT2D eigenvalue weighted by atomic mass is 10.1. The van der Waals surface area contributed by atoms with E-state index in [2.05, 4.69) is 19.2 Å². The molecule has 1 saturated heterocycles. The zero-order valence-electron chi connectivity index (χ0n) is 9.72. The maximum atomic E-state index is 5.41. The van der Waals surface area contributed by atoms with Crippen molar-refractivity contribution in [1.29, 1.82) is 0 Å². The summed E-state index contributed by atoms with van der Waals surface area (Å²) in [5.41, 5.74) is 0. The smallest absolute Gasteiger partial charge is 0.0619 e. The normalized spacial score (nSPS) is 22.9. The van der Waals surface area contributed by atoms with E-state index in [1.165, 1.54) is 38.6 Å². The molecule has 0 aromatic rings. The van der Waals surface area contributed by atoms with Gasteiger partial charge in [0.15, 0.2) is 0 Å². The van der Waals surface area contributed by atoms with Crippen LogP contribution in [0.2, 0.25) is 0 Å². The minimum atomic E-state index is 0.628. The Morgan fingerprint density at radius 2 is 2.21 bits per heavy atom. The Labute approximate surface area is 88.4 Å². The summed E-state index contributed by atoms with van der Waals surface area (Å²) in [6, 6.07) is 0.628. The summed E-state index contributed by atoms with van der Waals surface area (Å²) in [5.74, 6) is 0.855. The third kappa shape index (κ3) is 5.61. The highest BCUT2D eigenvalue weighted by molar-refractivity contribution is 4.69. The molecule has 1 N–H and O–H groups in total. The molecule has 2 nitrogen and oxygen atoms in total. The molecule has 0 spiro atoms. The van der Waals surface area contributed by atoms with Gasteiger partial charge in [0.05, 0.1) is 6.61 Å². The molecule has 0 amide bonds. The molecule has 0 aromatic heterocycles. The first kappa shape index (κ1) is 12.0. The second kappa shape index (κ2) is 7.24. The predicted octanol–water partition coefficient (Wildman–Crippen LogP) is 2.58. The van der Waals surface area contributed by atoms with Crippen molar-refractivity contribution >= 4 is 0 Å². The average Bonchev–Trinajstić information content (AvgIpc) is 2.18. The number of hydrogen-bond donors (Lipinski definition) is 1. The summed E-state index contributed by atoms with van der Waals surface area (Å²) >= 11 is 0. The molecule has 0 aromatic carbocycles. The fourth-order valence-corrected chi connectivity index (χ4v) is 1.89. The van der Waals surface area contributed by atoms with Crippen LogP contribution >= 0.6 is 0 Å². The van der Waals surface area contributed by atoms with E-state index in [-0.39, 0.29) is 0 Å². The number of ether oxygens (including phenoxy) is 1. The molecule has 2 heteroatoms. The molecule has 1 aliphatic heterocycles. The molecule has 1 fully saturated rings. The van der Waals surface area contributed by atoms with Crippen LogP contribution in [0.4, 0.5) is 0 Å². The molecule has 1 rings (SSSR count). The van der Waals surface area contributed by atoms with Crippen LogP contribution in [0.5, 0.6) is 0 Å². The number of hydrogen-bond acceptors (Lipinski definition) is 2. The van der Waals surface area contributed by atoms with Crippen molar-refractivity contribution in [2.75, 3.05) is 19.8 Å². The van der Waals surface area contributed by atoms with Crippen molar-refractivity contribution in [3.63, 3.8) is 0 Å². The largest absolute Gasteiger partial charge is 0.380 e. The Morgan fingerprint density at radius 1 is 1.36 bits per heavy atom. The van der Waals surface area contributed by atoms with E-state index in [4.69, 9.17) is 4.74 Å². The fraction of sp³-hybridized carbons (Fsp3) is 1.00. The van der Waals surface area contributed by atoms with E-state index < -0.39 is 0 Å². The standard InChI is InChI=1S/C12H25NO/c1-11(2)6-3-4-8-13-12-7-5-9-14-10-12/h11-13H,3-10H2,1-2H3. The van der Waals surface area contributed by atoms with Crippen molar-refractivity contribution < 1.29 is 4.74 Å². The van der Waals surface area contributed by atoms with Crippen molar-refractivity contribution in [3.8, 4) is 0 Å². The highest BCUT2D eigenvalue weighted by Crippen LogP contribution is 2.07. The maximum absolute atomic E-state index is 5.41. The Kier molecular flexibility index (Phi) is 6.20. The van der Waals surface area contributed by atoms with Crippen LogP contribution < -0.4 is 5.32 Å².